The predicted octanol–water partition coefficient (Wildman–Crippen LogP) is 2.41. The van der Waals surface area contributed by atoms with Crippen LogP contribution in [0, 0.1) is 16.7 Å². The van der Waals surface area contributed by atoms with Crippen molar-refractivity contribution in [3.05, 3.63) is 0 Å². The van der Waals surface area contributed by atoms with Crippen molar-refractivity contribution in [3.63, 3.8) is 0 Å². The van der Waals surface area contributed by atoms with Gasteiger partial charge in [0.1, 0.15) is 0 Å². The van der Waals surface area contributed by atoms with Gasteiger partial charge in [-0.15, -0.1) is 0 Å². The first-order valence-electron chi connectivity index (χ1n) is 5.34. The lowest BCUT2D eigenvalue weighted by Gasteiger charge is -2.34. The first kappa shape index (κ1) is 10.5. The lowest BCUT2D eigenvalue weighted by molar-refractivity contribution is 0.155. The van der Waals surface area contributed by atoms with Gasteiger partial charge in [-0.1, -0.05) is 13.3 Å². The zero-order chi connectivity index (χ0) is 9.73. The second-order valence-electron chi connectivity index (χ2n) is 4.37. The number of unbranched alkanes of at least 4 members (excludes halogenated alkanes) is 1. The Morgan fingerprint density at radius 2 is 2.00 bits per heavy atom. The molecule has 0 aromatic heterocycles. The van der Waals surface area contributed by atoms with Gasteiger partial charge < -0.3 is 4.90 Å². The Kier molecular flexibility index (Phi) is 3.74. The minimum Gasteiger partial charge on any atom is -0.303 e. The molecule has 0 saturated carbocycles. The summed E-state index contributed by atoms with van der Waals surface area (Å²) in [5.41, 5.74) is -0.0390. The lowest BCUT2D eigenvalue weighted by atomic mass is 9.82. The molecular formula is C11H20N2. The first-order chi connectivity index (χ1) is 6.20. The second kappa shape index (κ2) is 4.62. The Bertz CT molecular complexity index is 185. The van der Waals surface area contributed by atoms with Crippen molar-refractivity contribution in [2.75, 3.05) is 19.6 Å². The summed E-state index contributed by atoms with van der Waals surface area (Å²) in [5, 5.41) is 8.94. The van der Waals surface area contributed by atoms with Crippen LogP contribution in [0.4, 0.5) is 0 Å². The number of nitrogens with zero attached hydrogens (tertiary/aromatic N) is 2. The van der Waals surface area contributed by atoms with Crippen molar-refractivity contribution in [1.82, 2.24) is 4.90 Å². The van der Waals surface area contributed by atoms with Gasteiger partial charge in [-0.05, 0) is 45.8 Å². The number of rotatable bonds is 3. The summed E-state index contributed by atoms with van der Waals surface area (Å²) in [6.07, 6.45) is 4.66. The summed E-state index contributed by atoms with van der Waals surface area (Å²) in [6.45, 7) is 7.76. The van der Waals surface area contributed by atoms with Crippen LogP contribution >= 0.6 is 0 Å². The zero-order valence-electron chi connectivity index (χ0n) is 8.84. The van der Waals surface area contributed by atoms with Crippen LogP contribution in [0.1, 0.15) is 39.5 Å². The molecule has 0 unspecified atom stereocenters. The summed E-state index contributed by atoms with van der Waals surface area (Å²) in [6, 6.07) is 2.43. The van der Waals surface area contributed by atoms with Crippen LogP contribution < -0.4 is 0 Å². The van der Waals surface area contributed by atoms with Crippen molar-refractivity contribution < 1.29 is 0 Å². The van der Waals surface area contributed by atoms with Crippen LogP contribution in [0.3, 0.4) is 0 Å². The van der Waals surface area contributed by atoms with Gasteiger partial charge in [-0.25, -0.2) is 0 Å². The summed E-state index contributed by atoms with van der Waals surface area (Å²) < 4.78 is 0. The van der Waals surface area contributed by atoms with E-state index in [4.69, 9.17) is 5.26 Å². The SMILES string of the molecule is CCCCN1CCC(C)(C#N)CC1. The molecular weight excluding hydrogens is 160 g/mol. The fraction of sp³-hybridized carbons (Fsp3) is 0.909. The third kappa shape index (κ3) is 3.00. The van der Waals surface area contributed by atoms with Crippen LogP contribution in [0.5, 0.6) is 0 Å². The van der Waals surface area contributed by atoms with E-state index in [0.29, 0.717) is 0 Å². The highest BCUT2D eigenvalue weighted by atomic mass is 15.1. The van der Waals surface area contributed by atoms with Crippen molar-refractivity contribution in [2.24, 2.45) is 5.41 Å². The zero-order valence-corrected chi connectivity index (χ0v) is 8.84. The first-order valence-corrected chi connectivity index (χ1v) is 5.34. The lowest BCUT2D eigenvalue weighted by Crippen LogP contribution is -2.38. The minimum absolute atomic E-state index is 0.0390. The molecule has 1 fully saturated rings. The van der Waals surface area contributed by atoms with E-state index < -0.39 is 0 Å². The summed E-state index contributed by atoms with van der Waals surface area (Å²) >= 11 is 0. The van der Waals surface area contributed by atoms with E-state index in [9.17, 15) is 0 Å². The maximum Gasteiger partial charge on any atom is 0.0687 e. The molecule has 1 rings (SSSR count). The average Bonchev–Trinajstić information content (AvgIpc) is 2.17. The molecule has 0 aromatic rings. The largest absolute Gasteiger partial charge is 0.303 e. The maximum atomic E-state index is 8.94. The van der Waals surface area contributed by atoms with Crippen molar-refractivity contribution in [3.8, 4) is 6.07 Å². The van der Waals surface area contributed by atoms with Gasteiger partial charge in [0.2, 0.25) is 0 Å². The van der Waals surface area contributed by atoms with Crippen LogP contribution in [0.15, 0.2) is 0 Å². The van der Waals surface area contributed by atoms with E-state index in [1.165, 1.54) is 19.4 Å². The third-order valence-corrected chi connectivity index (χ3v) is 3.06. The van der Waals surface area contributed by atoms with E-state index in [0.717, 1.165) is 25.9 Å². The number of hydrogen-bond donors (Lipinski definition) is 0. The molecule has 0 amide bonds. The van der Waals surface area contributed by atoms with Crippen LogP contribution in [-0.2, 0) is 0 Å². The van der Waals surface area contributed by atoms with Crippen molar-refractivity contribution in [2.45, 2.75) is 39.5 Å². The molecule has 2 heteroatoms. The Hall–Kier alpha value is -0.550. The number of hydrogen-bond acceptors (Lipinski definition) is 2. The fourth-order valence-corrected chi connectivity index (χ4v) is 1.76. The standard InChI is InChI=1S/C11H20N2/c1-3-4-7-13-8-5-11(2,10-12)6-9-13/h3-9H2,1-2H3. The summed E-state index contributed by atoms with van der Waals surface area (Å²) in [7, 11) is 0. The molecule has 0 spiro atoms. The van der Waals surface area contributed by atoms with Gasteiger partial charge in [0, 0.05) is 0 Å². The number of likely N-dealkylation sites (tertiary alicyclic amines) is 1. The molecule has 1 heterocycles. The van der Waals surface area contributed by atoms with Crippen molar-refractivity contribution >= 4 is 0 Å². The Balaban J connectivity index is 2.27. The Morgan fingerprint density at radius 1 is 1.38 bits per heavy atom. The molecule has 74 valence electrons. The molecule has 2 nitrogen and oxygen atoms in total. The average molecular weight is 180 g/mol. The number of piperidine rings is 1. The molecule has 0 atom stereocenters. The smallest absolute Gasteiger partial charge is 0.0687 e. The number of nitriles is 1. The Morgan fingerprint density at radius 3 is 2.46 bits per heavy atom. The highest BCUT2D eigenvalue weighted by Crippen LogP contribution is 2.29. The van der Waals surface area contributed by atoms with Gasteiger partial charge in [0.15, 0.2) is 0 Å². The van der Waals surface area contributed by atoms with Crippen LogP contribution in [0.25, 0.3) is 0 Å². The molecule has 0 aromatic carbocycles. The highest BCUT2D eigenvalue weighted by Gasteiger charge is 2.29. The summed E-state index contributed by atoms with van der Waals surface area (Å²) in [4.78, 5) is 2.49. The van der Waals surface area contributed by atoms with E-state index in [2.05, 4.69) is 24.8 Å². The Labute approximate surface area is 81.5 Å². The monoisotopic (exact) mass is 180 g/mol. The molecule has 0 N–H and O–H groups in total. The molecule has 0 radical (unpaired) electrons. The predicted molar refractivity (Wildman–Crippen MR) is 54.3 cm³/mol. The van der Waals surface area contributed by atoms with Gasteiger partial charge in [0.05, 0.1) is 11.5 Å². The molecule has 1 aliphatic heterocycles. The van der Waals surface area contributed by atoms with Gasteiger partial charge in [-0.2, -0.15) is 5.26 Å². The van der Waals surface area contributed by atoms with Gasteiger partial charge in [-0.3, -0.25) is 0 Å². The molecule has 1 aliphatic rings. The van der Waals surface area contributed by atoms with Crippen LogP contribution in [0.2, 0.25) is 0 Å². The van der Waals surface area contributed by atoms with Gasteiger partial charge >= 0.3 is 0 Å². The van der Waals surface area contributed by atoms with Crippen LogP contribution in [-0.4, -0.2) is 24.5 Å². The second-order valence-corrected chi connectivity index (χ2v) is 4.37. The van der Waals surface area contributed by atoms with E-state index in [1.807, 2.05) is 0 Å². The third-order valence-electron chi connectivity index (χ3n) is 3.06. The van der Waals surface area contributed by atoms with E-state index >= 15 is 0 Å². The normalized spacial score (nSPS) is 22.5. The molecule has 13 heavy (non-hydrogen) atoms. The summed E-state index contributed by atoms with van der Waals surface area (Å²) in [5.74, 6) is 0. The topological polar surface area (TPSA) is 27.0 Å². The van der Waals surface area contributed by atoms with E-state index in [-0.39, 0.29) is 5.41 Å². The maximum absolute atomic E-state index is 8.94. The van der Waals surface area contributed by atoms with Gasteiger partial charge in [0.25, 0.3) is 0 Å². The quantitative estimate of drug-likeness (QED) is 0.667. The van der Waals surface area contributed by atoms with E-state index in [1.54, 1.807) is 0 Å². The highest BCUT2D eigenvalue weighted by molar-refractivity contribution is 4.98. The van der Waals surface area contributed by atoms with Crippen molar-refractivity contribution in [1.29, 1.82) is 5.26 Å². The molecule has 1 saturated heterocycles. The minimum atomic E-state index is -0.0390. The molecule has 0 aliphatic carbocycles. The molecule has 0 bridgehead atoms. The fourth-order valence-electron chi connectivity index (χ4n) is 1.76.